The largest absolute Gasteiger partial charge is 0.382 e. The third-order valence-corrected chi connectivity index (χ3v) is 3.91. The quantitative estimate of drug-likeness (QED) is 0.375. The minimum atomic E-state index is -0.500. The monoisotopic (exact) mass is 303 g/mol. The molecule has 0 aromatic heterocycles. The van der Waals surface area contributed by atoms with Crippen molar-refractivity contribution in [3.63, 3.8) is 0 Å². The molecule has 1 aliphatic carbocycles. The van der Waals surface area contributed by atoms with E-state index in [0.717, 1.165) is 12.8 Å². The molecule has 0 unspecified atom stereocenters. The number of benzene rings is 1. The van der Waals surface area contributed by atoms with Crippen molar-refractivity contribution in [2.75, 3.05) is 18.5 Å². The highest BCUT2D eigenvalue weighted by Gasteiger charge is 2.13. The number of ether oxygens (including phenoxy) is 1. The number of nitrogens with zero attached hydrogens (tertiary/aromatic N) is 2. The van der Waals surface area contributed by atoms with Crippen molar-refractivity contribution in [1.29, 1.82) is 5.26 Å². The second kappa shape index (κ2) is 8.35. The molecule has 1 aliphatic rings. The molecule has 1 aromatic rings. The first kappa shape index (κ1) is 16.2. The zero-order chi connectivity index (χ0) is 15.8. The summed E-state index contributed by atoms with van der Waals surface area (Å²) in [6.07, 6.45) is 7.66. The van der Waals surface area contributed by atoms with E-state index in [0.29, 0.717) is 24.9 Å². The fourth-order valence-electron chi connectivity index (χ4n) is 2.71. The molecule has 0 heterocycles. The lowest BCUT2D eigenvalue weighted by atomic mass is 10.1. The first-order chi connectivity index (χ1) is 10.7. The van der Waals surface area contributed by atoms with Gasteiger partial charge in [-0.2, -0.15) is 5.26 Å². The molecule has 118 valence electrons. The predicted octanol–water partition coefficient (Wildman–Crippen LogP) is 3.62. The zero-order valence-corrected chi connectivity index (χ0v) is 12.6. The van der Waals surface area contributed by atoms with Crippen molar-refractivity contribution in [3.05, 3.63) is 33.9 Å². The molecule has 1 aromatic carbocycles. The van der Waals surface area contributed by atoms with Crippen LogP contribution in [0.1, 0.15) is 44.1 Å². The van der Waals surface area contributed by atoms with Crippen molar-refractivity contribution < 1.29 is 9.66 Å². The van der Waals surface area contributed by atoms with Crippen LogP contribution in [0.25, 0.3) is 0 Å². The maximum absolute atomic E-state index is 10.7. The molecule has 2 rings (SSSR count). The van der Waals surface area contributed by atoms with Gasteiger partial charge in [0.05, 0.1) is 28.9 Å². The van der Waals surface area contributed by atoms with Gasteiger partial charge in [0.15, 0.2) is 0 Å². The lowest BCUT2D eigenvalue weighted by molar-refractivity contribution is -0.384. The molecular weight excluding hydrogens is 282 g/mol. The minimum absolute atomic E-state index is 0.0724. The summed E-state index contributed by atoms with van der Waals surface area (Å²) in [5.41, 5.74) is 0.818. The SMILES string of the molecule is N#Cc1cc([N+](=O)[O-])ccc1NCCOC1CCCCCC1. The van der Waals surface area contributed by atoms with Gasteiger partial charge in [-0.3, -0.25) is 10.1 Å². The highest BCUT2D eigenvalue weighted by atomic mass is 16.6. The van der Waals surface area contributed by atoms with Crippen LogP contribution in [-0.4, -0.2) is 24.2 Å². The van der Waals surface area contributed by atoms with Crippen molar-refractivity contribution in [3.8, 4) is 6.07 Å². The summed E-state index contributed by atoms with van der Waals surface area (Å²) in [6, 6.07) is 6.24. The predicted molar refractivity (Wildman–Crippen MR) is 83.7 cm³/mol. The Morgan fingerprint density at radius 2 is 2.05 bits per heavy atom. The molecule has 0 aliphatic heterocycles. The normalized spacial score (nSPS) is 15.8. The molecule has 0 amide bonds. The molecule has 0 saturated heterocycles. The van der Waals surface area contributed by atoms with Crippen molar-refractivity contribution >= 4 is 11.4 Å². The van der Waals surface area contributed by atoms with Crippen molar-refractivity contribution in [2.24, 2.45) is 0 Å². The Morgan fingerprint density at radius 1 is 1.32 bits per heavy atom. The smallest absolute Gasteiger partial charge is 0.270 e. The van der Waals surface area contributed by atoms with Crippen LogP contribution in [0.5, 0.6) is 0 Å². The number of anilines is 1. The van der Waals surface area contributed by atoms with Gasteiger partial charge in [0.2, 0.25) is 0 Å². The molecule has 22 heavy (non-hydrogen) atoms. The minimum Gasteiger partial charge on any atom is -0.382 e. The number of nitro benzene ring substituents is 1. The van der Waals surface area contributed by atoms with Gasteiger partial charge in [0.1, 0.15) is 6.07 Å². The molecule has 6 heteroatoms. The van der Waals surface area contributed by atoms with Crippen LogP contribution in [0.2, 0.25) is 0 Å². The van der Waals surface area contributed by atoms with Crippen LogP contribution >= 0.6 is 0 Å². The number of nitriles is 1. The van der Waals surface area contributed by atoms with Gasteiger partial charge in [-0.25, -0.2) is 0 Å². The fourth-order valence-corrected chi connectivity index (χ4v) is 2.71. The second-order valence-corrected chi connectivity index (χ2v) is 5.51. The Labute approximate surface area is 130 Å². The van der Waals surface area contributed by atoms with Crippen LogP contribution in [-0.2, 0) is 4.74 Å². The first-order valence-electron chi connectivity index (χ1n) is 7.74. The van der Waals surface area contributed by atoms with Crippen LogP contribution in [0.4, 0.5) is 11.4 Å². The highest BCUT2D eigenvalue weighted by molar-refractivity contribution is 5.61. The summed E-state index contributed by atoms with van der Waals surface area (Å²) >= 11 is 0. The van der Waals surface area contributed by atoms with E-state index in [1.165, 1.54) is 37.8 Å². The maximum atomic E-state index is 10.7. The number of rotatable bonds is 6. The average molecular weight is 303 g/mol. The van der Waals surface area contributed by atoms with Gasteiger partial charge in [0, 0.05) is 18.7 Å². The number of hydrogen-bond donors (Lipinski definition) is 1. The Morgan fingerprint density at radius 3 is 2.68 bits per heavy atom. The molecule has 0 spiro atoms. The zero-order valence-electron chi connectivity index (χ0n) is 12.6. The van der Waals surface area contributed by atoms with Gasteiger partial charge in [0.25, 0.3) is 5.69 Å². The van der Waals surface area contributed by atoms with E-state index < -0.39 is 4.92 Å². The molecule has 0 radical (unpaired) electrons. The van der Waals surface area contributed by atoms with Crippen LogP contribution in [0.15, 0.2) is 18.2 Å². The van der Waals surface area contributed by atoms with E-state index in [1.807, 2.05) is 6.07 Å². The van der Waals surface area contributed by atoms with E-state index in [2.05, 4.69) is 5.32 Å². The van der Waals surface area contributed by atoms with E-state index in [4.69, 9.17) is 10.00 Å². The summed E-state index contributed by atoms with van der Waals surface area (Å²) in [5, 5.41) is 22.9. The molecule has 1 N–H and O–H groups in total. The average Bonchev–Trinajstić information content (AvgIpc) is 2.80. The van der Waals surface area contributed by atoms with E-state index in [1.54, 1.807) is 6.07 Å². The Bertz CT molecular complexity index is 546. The van der Waals surface area contributed by atoms with Gasteiger partial charge >= 0.3 is 0 Å². The standard InChI is InChI=1S/C16H21N3O3/c17-12-13-11-14(19(20)21)7-8-16(13)18-9-10-22-15-5-3-1-2-4-6-15/h7-8,11,15,18H,1-6,9-10H2. The number of non-ortho nitro benzene ring substituents is 1. The number of nitrogens with one attached hydrogen (secondary N) is 1. The van der Waals surface area contributed by atoms with Crippen molar-refractivity contribution in [2.45, 2.75) is 44.6 Å². The molecular formula is C16H21N3O3. The summed E-state index contributed by atoms with van der Waals surface area (Å²) in [6.45, 7) is 1.16. The lowest BCUT2D eigenvalue weighted by Crippen LogP contribution is -2.17. The van der Waals surface area contributed by atoms with Crippen LogP contribution in [0.3, 0.4) is 0 Å². The third-order valence-electron chi connectivity index (χ3n) is 3.91. The van der Waals surface area contributed by atoms with Gasteiger partial charge < -0.3 is 10.1 Å². The first-order valence-corrected chi connectivity index (χ1v) is 7.74. The molecule has 1 saturated carbocycles. The summed E-state index contributed by atoms with van der Waals surface area (Å²) in [7, 11) is 0. The van der Waals surface area contributed by atoms with Crippen molar-refractivity contribution in [1.82, 2.24) is 0 Å². The Kier molecular flexibility index (Phi) is 6.16. The van der Waals surface area contributed by atoms with Crippen LogP contribution in [0, 0.1) is 21.4 Å². The number of nitro groups is 1. The van der Waals surface area contributed by atoms with Gasteiger partial charge in [-0.05, 0) is 18.9 Å². The topological polar surface area (TPSA) is 88.2 Å². The molecule has 0 bridgehead atoms. The summed E-state index contributed by atoms with van der Waals surface area (Å²) in [4.78, 5) is 10.2. The highest BCUT2D eigenvalue weighted by Crippen LogP contribution is 2.22. The molecule has 6 nitrogen and oxygen atoms in total. The van der Waals surface area contributed by atoms with Crippen LogP contribution < -0.4 is 5.32 Å². The van der Waals surface area contributed by atoms with E-state index in [9.17, 15) is 10.1 Å². The Balaban J connectivity index is 1.81. The van der Waals surface area contributed by atoms with E-state index in [-0.39, 0.29) is 11.3 Å². The third kappa shape index (κ3) is 4.71. The maximum Gasteiger partial charge on any atom is 0.270 e. The summed E-state index contributed by atoms with van der Waals surface area (Å²) < 4.78 is 5.87. The fraction of sp³-hybridized carbons (Fsp3) is 0.562. The number of hydrogen-bond acceptors (Lipinski definition) is 5. The second-order valence-electron chi connectivity index (χ2n) is 5.51. The van der Waals surface area contributed by atoms with Gasteiger partial charge in [-0.15, -0.1) is 0 Å². The van der Waals surface area contributed by atoms with E-state index >= 15 is 0 Å². The molecule has 0 atom stereocenters. The van der Waals surface area contributed by atoms with Gasteiger partial charge in [-0.1, -0.05) is 25.7 Å². The molecule has 1 fully saturated rings. The lowest BCUT2D eigenvalue weighted by Gasteiger charge is -2.16. The Hall–Kier alpha value is -2.13. The summed E-state index contributed by atoms with van der Waals surface area (Å²) in [5.74, 6) is 0.